The number of nitrogens with zero attached hydrogens (tertiary/aromatic N) is 3. The van der Waals surface area contributed by atoms with Crippen molar-refractivity contribution in [2.75, 3.05) is 26.2 Å². The Kier molecular flexibility index (Phi) is 8.01. The number of piperidine rings is 1. The molecule has 2 aromatic rings. The van der Waals surface area contributed by atoms with Gasteiger partial charge in [0, 0.05) is 25.0 Å². The maximum absolute atomic E-state index is 13.2. The molecule has 1 aliphatic rings. The average molecular weight is 407 g/mol. The summed E-state index contributed by atoms with van der Waals surface area (Å²) in [5.41, 5.74) is 0.274. The molecule has 0 spiro atoms. The van der Waals surface area contributed by atoms with Crippen LogP contribution in [0.4, 0.5) is 0 Å². The van der Waals surface area contributed by atoms with E-state index in [1.807, 2.05) is 36.9 Å². The Morgan fingerprint density at radius 1 is 1.21 bits per heavy atom. The minimum atomic E-state index is -0.125. The third kappa shape index (κ3) is 4.92. The van der Waals surface area contributed by atoms with Crippen LogP contribution in [0.3, 0.4) is 0 Å². The molecule has 0 radical (unpaired) electrons. The first-order chi connectivity index (χ1) is 13.0. The number of carbonyl (C=O) groups is 1. The molecule has 0 aliphatic carbocycles. The highest BCUT2D eigenvalue weighted by atomic mass is 35.5. The Labute approximate surface area is 172 Å². The van der Waals surface area contributed by atoms with Crippen LogP contribution in [0.5, 0.6) is 0 Å². The van der Waals surface area contributed by atoms with E-state index in [-0.39, 0.29) is 29.8 Å². The van der Waals surface area contributed by atoms with Gasteiger partial charge in [-0.1, -0.05) is 39.0 Å². The maximum Gasteiger partial charge on any atom is 0.274 e. The standard InChI is InChI=1S/C21H30N4O2.ClH/c1-4-22-13-16-9-11-24(12-10-16)21(27)19-17-7-5-6-8-18(17)20(26)25(23-19)14-15(2)3;/h5-8,15-16,22H,4,9-14H2,1-3H3;1H. The summed E-state index contributed by atoms with van der Waals surface area (Å²) in [7, 11) is 0. The molecule has 1 aromatic carbocycles. The highest BCUT2D eigenvalue weighted by Crippen LogP contribution is 2.21. The highest BCUT2D eigenvalue weighted by molar-refractivity contribution is 6.04. The van der Waals surface area contributed by atoms with E-state index < -0.39 is 0 Å². The molecule has 1 aromatic heterocycles. The van der Waals surface area contributed by atoms with Gasteiger partial charge in [0.25, 0.3) is 11.5 Å². The van der Waals surface area contributed by atoms with E-state index in [0.29, 0.717) is 28.9 Å². The largest absolute Gasteiger partial charge is 0.337 e. The Bertz CT molecular complexity index is 857. The predicted octanol–water partition coefficient (Wildman–Crippen LogP) is 2.94. The van der Waals surface area contributed by atoms with Crippen molar-refractivity contribution >= 4 is 29.1 Å². The van der Waals surface area contributed by atoms with Crippen LogP contribution >= 0.6 is 12.4 Å². The van der Waals surface area contributed by atoms with Crippen molar-refractivity contribution in [3.05, 3.63) is 40.3 Å². The molecule has 3 rings (SSSR count). The number of carbonyl (C=O) groups excluding carboxylic acids is 1. The summed E-state index contributed by atoms with van der Waals surface area (Å²) >= 11 is 0. The Balaban J connectivity index is 0.00000280. The predicted molar refractivity (Wildman–Crippen MR) is 115 cm³/mol. The fourth-order valence-electron chi connectivity index (χ4n) is 3.70. The second kappa shape index (κ2) is 10.0. The summed E-state index contributed by atoms with van der Waals surface area (Å²) in [5, 5.41) is 9.10. The first-order valence-corrected chi connectivity index (χ1v) is 10.0. The lowest BCUT2D eigenvalue weighted by Crippen LogP contribution is -2.42. The number of halogens is 1. The molecule has 1 aliphatic heterocycles. The number of rotatable bonds is 6. The number of likely N-dealkylation sites (tertiary alicyclic amines) is 1. The van der Waals surface area contributed by atoms with Crippen LogP contribution in [-0.4, -0.2) is 46.8 Å². The monoisotopic (exact) mass is 406 g/mol. The molecule has 2 heterocycles. The quantitative estimate of drug-likeness (QED) is 0.800. The lowest BCUT2D eigenvalue weighted by atomic mass is 9.96. The summed E-state index contributed by atoms with van der Waals surface area (Å²) in [4.78, 5) is 27.8. The SMILES string of the molecule is CCNCC1CCN(C(=O)c2nn(CC(C)C)c(=O)c3ccccc23)CC1.Cl. The number of amides is 1. The van der Waals surface area contributed by atoms with E-state index in [9.17, 15) is 9.59 Å². The van der Waals surface area contributed by atoms with Gasteiger partial charge in [-0.15, -0.1) is 12.4 Å². The van der Waals surface area contributed by atoms with Gasteiger partial charge in [0.1, 0.15) is 0 Å². The molecule has 28 heavy (non-hydrogen) atoms. The zero-order chi connectivity index (χ0) is 19.4. The zero-order valence-corrected chi connectivity index (χ0v) is 17.8. The van der Waals surface area contributed by atoms with Crippen LogP contribution in [-0.2, 0) is 6.54 Å². The summed E-state index contributed by atoms with van der Waals surface area (Å²) in [6.45, 7) is 10.2. The first kappa shape index (κ1) is 22.4. The smallest absolute Gasteiger partial charge is 0.274 e. The van der Waals surface area contributed by atoms with Crippen molar-refractivity contribution in [2.45, 2.75) is 40.2 Å². The van der Waals surface area contributed by atoms with Crippen molar-refractivity contribution in [2.24, 2.45) is 11.8 Å². The molecule has 0 unspecified atom stereocenters. The molecular weight excluding hydrogens is 376 g/mol. The fourth-order valence-corrected chi connectivity index (χ4v) is 3.70. The molecule has 6 nitrogen and oxygen atoms in total. The van der Waals surface area contributed by atoms with Crippen molar-refractivity contribution in [1.29, 1.82) is 0 Å². The van der Waals surface area contributed by atoms with Crippen molar-refractivity contribution in [3.63, 3.8) is 0 Å². The summed E-state index contributed by atoms with van der Waals surface area (Å²) in [6, 6.07) is 7.31. The van der Waals surface area contributed by atoms with Gasteiger partial charge in [-0.05, 0) is 43.8 Å². The molecule has 0 bridgehead atoms. The normalized spacial score (nSPS) is 15.1. The Hall–Kier alpha value is -1.92. The molecule has 0 saturated carbocycles. The van der Waals surface area contributed by atoms with Gasteiger partial charge in [-0.2, -0.15) is 5.10 Å². The van der Waals surface area contributed by atoms with E-state index in [0.717, 1.165) is 39.0 Å². The van der Waals surface area contributed by atoms with Crippen LogP contribution in [0.25, 0.3) is 10.8 Å². The van der Waals surface area contributed by atoms with Crippen LogP contribution in [0, 0.1) is 11.8 Å². The second-order valence-corrected chi connectivity index (χ2v) is 7.82. The van der Waals surface area contributed by atoms with Gasteiger partial charge in [0.15, 0.2) is 5.69 Å². The topological polar surface area (TPSA) is 67.2 Å². The number of hydrogen-bond donors (Lipinski definition) is 1. The molecule has 0 atom stereocenters. The van der Waals surface area contributed by atoms with Gasteiger partial charge in [-0.3, -0.25) is 9.59 Å². The second-order valence-electron chi connectivity index (χ2n) is 7.82. The van der Waals surface area contributed by atoms with Gasteiger partial charge in [0.2, 0.25) is 0 Å². The van der Waals surface area contributed by atoms with E-state index in [1.165, 1.54) is 4.68 Å². The highest BCUT2D eigenvalue weighted by Gasteiger charge is 2.26. The molecule has 1 fully saturated rings. The van der Waals surface area contributed by atoms with E-state index in [1.54, 1.807) is 6.07 Å². The van der Waals surface area contributed by atoms with Crippen LogP contribution in [0.1, 0.15) is 44.1 Å². The van der Waals surface area contributed by atoms with Crippen molar-refractivity contribution in [3.8, 4) is 0 Å². The van der Waals surface area contributed by atoms with Gasteiger partial charge in [-0.25, -0.2) is 4.68 Å². The number of benzene rings is 1. The van der Waals surface area contributed by atoms with Crippen molar-refractivity contribution < 1.29 is 4.79 Å². The van der Waals surface area contributed by atoms with Crippen LogP contribution < -0.4 is 10.9 Å². The lowest BCUT2D eigenvalue weighted by molar-refractivity contribution is 0.0683. The first-order valence-electron chi connectivity index (χ1n) is 10.0. The molecule has 1 amide bonds. The zero-order valence-electron chi connectivity index (χ0n) is 17.0. The molecular formula is C21H31ClN4O2. The lowest BCUT2D eigenvalue weighted by Gasteiger charge is -2.32. The summed E-state index contributed by atoms with van der Waals surface area (Å²) in [6.07, 6.45) is 2.00. The van der Waals surface area contributed by atoms with Crippen molar-refractivity contribution in [1.82, 2.24) is 20.0 Å². The summed E-state index contributed by atoms with van der Waals surface area (Å²) < 4.78 is 1.46. The minimum absolute atomic E-state index is 0. The van der Waals surface area contributed by atoms with Crippen LogP contribution in [0.15, 0.2) is 29.1 Å². The minimum Gasteiger partial charge on any atom is -0.337 e. The number of hydrogen-bond acceptors (Lipinski definition) is 4. The number of nitrogens with one attached hydrogen (secondary N) is 1. The average Bonchev–Trinajstić information content (AvgIpc) is 2.68. The third-order valence-electron chi connectivity index (χ3n) is 5.19. The molecule has 7 heteroatoms. The van der Waals surface area contributed by atoms with Gasteiger partial charge >= 0.3 is 0 Å². The fraction of sp³-hybridized carbons (Fsp3) is 0.571. The van der Waals surface area contributed by atoms with E-state index >= 15 is 0 Å². The number of aromatic nitrogens is 2. The third-order valence-corrected chi connectivity index (χ3v) is 5.19. The number of fused-ring (bicyclic) bond motifs is 1. The van der Waals surface area contributed by atoms with Gasteiger partial charge < -0.3 is 10.2 Å². The molecule has 1 saturated heterocycles. The van der Waals surface area contributed by atoms with E-state index in [2.05, 4.69) is 17.3 Å². The molecule has 1 N–H and O–H groups in total. The Morgan fingerprint density at radius 2 is 1.86 bits per heavy atom. The molecule has 154 valence electrons. The van der Waals surface area contributed by atoms with E-state index in [4.69, 9.17) is 0 Å². The van der Waals surface area contributed by atoms with Gasteiger partial charge in [0.05, 0.1) is 5.39 Å². The maximum atomic E-state index is 13.2. The Morgan fingerprint density at radius 3 is 2.46 bits per heavy atom. The summed E-state index contributed by atoms with van der Waals surface area (Å²) in [5.74, 6) is 0.834. The van der Waals surface area contributed by atoms with Crippen LogP contribution in [0.2, 0.25) is 0 Å².